The molecule has 0 atom stereocenters. The third kappa shape index (κ3) is 4.46. The van der Waals surface area contributed by atoms with E-state index in [9.17, 15) is 4.79 Å². The van der Waals surface area contributed by atoms with Crippen molar-refractivity contribution in [2.24, 2.45) is 0 Å². The van der Waals surface area contributed by atoms with Crippen LogP contribution in [0.15, 0.2) is 67.3 Å². The predicted molar refractivity (Wildman–Crippen MR) is 86.7 cm³/mol. The van der Waals surface area contributed by atoms with Gasteiger partial charge in [0.15, 0.2) is 5.78 Å². The van der Waals surface area contributed by atoms with Crippen molar-refractivity contribution < 1.29 is 9.53 Å². The lowest BCUT2D eigenvalue weighted by Gasteiger charge is -2.03. The average Bonchev–Trinajstić information content (AvgIpc) is 2.52. The number of hydrogen-bond acceptors (Lipinski definition) is 2. The molecule has 0 fully saturated rings. The second kappa shape index (κ2) is 7.25. The number of hydrogen-bond donors (Lipinski definition) is 0. The van der Waals surface area contributed by atoms with E-state index in [0.717, 1.165) is 16.9 Å². The molecule has 2 aromatic rings. The third-order valence-corrected chi connectivity index (χ3v) is 2.99. The summed E-state index contributed by atoms with van der Waals surface area (Å²) in [6.45, 7) is 6.08. The minimum absolute atomic E-state index is 0.00703. The molecule has 106 valence electrons. The van der Waals surface area contributed by atoms with E-state index >= 15 is 0 Å². The van der Waals surface area contributed by atoms with Crippen molar-refractivity contribution in [1.82, 2.24) is 0 Å². The van der Waals surface area contributed by atoms with E-state index in [-0.39, 0.29) is 5.78 Å². The highest BCUT2D eigenvalue weighted by Gasteiger charge is 2.01. The lowest BCUT2D eigenvalue weighted by Crippen LogP contribution is -1.94. The highest BCUT2D eigenvalue weighted by molar-refractivity contribution is 6.06. The molecular formula is C19H18O2. The number of carbonyl (C=O) groups excluding carboxylic acids is 1. The molecule has 0 unspecified atom stereocenters. The molecule has 0 aliphatic rings. The summed E-state index contributed by atoms with van der Waals surface area (Å²) < 4.78 is 5.46. The Balaban J connectivity index is 2.08. The van der Waals surface area contributed by atoms with Gasteiger partial charge >= 0.3 is 0 Å². The average molecular weight is 278 g/mol. The van der Waals surface area contributed by atoms with Crippen LogP contribution in [0, 0.1) is 6.92 Å². The summed E-state index contributed by atoms with van der Waals surface area (Å²) in [5, 5.41) is 0. The van der Waals surface area contributed by atoms with Crippen LogP contribution in [-0.2, 0) is 0 Å². The van der Waals surface area contributed by atoms with Crippen LogP contribution in [0.1, 0.15) is 21.5 Å². The maximum atomic E-state index is 12.1. The minimum Gasteiger partial charge on any atom is -0.490 e. The van der Waals surface area contributed by atoms with Gasteiger partial charge in [-0.2, -0.15) is 0 Å². The van der Waals surface area contributed by atoms with Crippen molar-refractivity contribution >= 4 is 11.9 Å². The monoisotopic (exact) mass is 278 g/mol. The fourth-order valence-electron chi connectivity index (χ4n) is 1.85. The molecular weight excluding hydrogens is 260 g/mol. The molecule has 0 N–H and O–H groups in total. The van der Waals surface area contributed by atoms with Crippen molar-refractivity contribution in [2.75, 3.05) is 6.61 Å². The Labute approximate surface area is 125 Å². The molecule has 0 radical (unpaired) electrons. The van der Waals surface area contributed by atoms with Crippen LogP contribution >= 0.6 is 0 Å². The smallest absolute Gasteiger partial charge is 0.185 e. The normalized spacial score (nSPS) is 10.5. The van der Waals surface area contributed by atoms with E-state index in [4.69, 9.17) is 4.74 Å². The summed E-state index contributed by atoms with van der Waals surface area (Å²) in [4.78, 5) is 12.1. The van der Waals surface area contributed by atoms with Crippen LogP contribution in [0.25, 0.3) is 6.08 Å². The predicted octanol–water partition coefficient (Wildman–Crippen LogP) is 4.46. The molecule has 2 heteroatoms. The Morgan fingerprint density at radius 1 is 1.19 bits per heavy atom. The minimum atomic E-state index is -0.00703. The molecule has 0 heterocycles. The summed E-state index contributed by atoms with van der Waals surface area (Å²) in [6.07, 6.45) is 5.07. The SMILES string of the molecule is C=CCOc1cccc(C=CC(=O)c2ccc(C)cc2)c1. The Morgan fingerprint density at radius 3 is 2.67 bits per heavy atom. The van der Waals surface area contributed by atoms with Crippen LogP contribution in [-0.4, -0.2) is 12.4 Å². The molecule has 0 aliphatic carbocycles. The Kier molecular flexibility index (Phi) is 5.10. The van der Waals surface area contributed by atoms with Gasteiger partial charge in [0.25, 0.3) is 0 Å². The summed E-state index contributed by atoms with van der Waals surface area (Å²) >= 11 is 0. The maximum absolute atomic E-state index is 12.1. The molecule has 0 saturated carbocycles. The van der Waals surface area contributed by atoms with Crippen LogP contribution in [0.2, 0.25) is 0 Å². The quantitative estimate of drug-likeness (QED) is 0.443. The van der Waals surface area contributed by atoms with Crippen molar-refractivity contribution in [3.8, 4) is 5.75 Å². The fraction of sp³-hybridized carbons (Fsp3) is 0.105. The molecule has 21 heavy (non-hydrogen) atoms. The van der Waals surface area contributed by atoms with Gasteiger partial charge < -0.3 is 4.74 Å². The highest BCUT2D eigenvalue weighted by atomic mass is 16.5. The van der Waals surface area contributed by atoms with E-state index in [1.54, 1.807) is 18.2 Å². The lowest BCUT2D eigenvalue weighted by atomic mass is 10.1. The first-order valence-corrected chi connectivity index (χ1v) is 6.82. The van der Waals surface area contributed by atoms with Crippen LogP contribution in [0.5, 0.6) is 5.75 Å². The summed E-state index contributed by atoms with van der Waals surface area (Å²) in [5.74, 6) is 0.757. The summed E-state index contributed by atoms with van der Waals surface area (Å²) in [6, 6.07) is 15.1. The van der Waals surface area contributed by atoms with Crippen molar-refractivity contribution in [2.45, 2.75) is 6.92 Å². The number of allylic oxidation sites excluding steroid dienone is 1. The Morgan fingerprint density at radius 2 is 1.95 bits per heavy atom. The number of rotatable bonds is 6. The van der Waals surface area contributed by atoms with Gasteiger partial charge in [0.1, 0.15) is 12.4 Å². The van der Waals surface area contributed by atoms with Crippen LogP contribution in [0.4, 0.5) is 0 Å². The van der Waals surface area contributed by atoms with Crippen LogP contribution in [0.3, 0.4) is 0 Å². The van der Waals surface area contributed by atoms with Gasteiger partial charge in [0.2, 0.25) is 0 Å². The number of ether oxygens (including phenoxy) is 1. The zero-order valence-corrected chi connectivity index (χ0v) is 12.1. The first-order valence-electron chi connectivity index (χ1n) is 6.82. The Bertz CT molecular complexity index is 652. The third-order valence-electron chi connectivity index (χ3n) is 2.99. The van der Waals surface area contributed by atoms with Crippen molar-refractivity contribution in [1.29, 1.82) is 0 Å². The number of benzene rings is 2. The molecule has 2 rings (SSSR count). The van der Waals surface area contributed by atoms with Gasteiger partial charge in [-0.1, -0.05) is 60.7 Å². The van der Waals surface area contributed by atoms with Gasteiger partial charge in [0.05, 0.1) is 0 Å². The van der Waals surface area contributed by atoms with Gasteiger partial charge in [-0.25, -0.2) is 0 Å². The summed E-state index contributed by atoms with van der Waals surface area (Å²) in [5.41, 5.74) is 2.76. The molecule has 0 aliphatic heterocycles. The Hall–Kier alpha value is -2.61. The topological polar surface area (TPSA) is 26.3 Å². The van der Waals surface area contributed by atoms with Gasteiger partial charge in [-0.3, -0.25) is 4.79 Å². The number of carbonyl (C=O) groups is 1. The first kappa shape index (κ1) is 14.8. The van der Waals surface area contributed by atoms with E-state index in [2.05, 4.69) is 6.58 Å². The molecule has 0 saturated heterocycles. The molecule has 0 spiro atoms. The number of ketones is 1. The standard InChI is InChI=1S/C19H18O2/c1-3-13-21-18-6-4-5-16(14-18)9-12-19(20)17-10-7-15(2)8-11-17/h3-12,14H,1,13H2,2H3. The lowest BCUT2D eigenvalue weighted by molar-refractivity contribution is 0.104. The largest absolute Gasteiger partial charge is 0.490 e. The second-order valence-electron chi connectivity index (χ2n) is 4.74. The molecule has 0 bridgehead atoms. The molecule has 0 aromatic heterocycles. The van der Waals surface area contributed by atoms with Gasteiger partial charge in [-0.15, -0.1) is 0 Å². The fourth-order valence-corrected chi connectivity index (χ4v) is 1.85. The van der Waals surface area contributed by atoms with E-state index in [0.29, 0.717) is 12.2 Å². The maximum Gasteiger partial charge on any atom is 0.185 e. The van der Waals surface area contributed by atoms with Crippen molar-refractivity contribution in [3.63, 3.8) is 0 Å². The molecule has 0 amide bonds. The van der Waals surface area contributed by atoms with Gasteiger partial charge in [-0.05, 0) is 30.7 Å². The molecule has 2 nitrogen and oxygen atoms in total. The van der Waals surface area contributed by atoms with Crippen molar-refractivity contribution in [3.05, 3.63) is 84.0 Å². The first-order chi connectivity index (χ1) is 10.2. The second-order valence-corrected chi connectivity index (χ2v) is 4.74. The highest BCUT2D eigenvalue weighted by Crippen LogP contribution is 2.15. The zero-order valence-electron chi connectivity index (χ0n) is 12.1. The van der Waals surface area contributed by atoms with Gasteiger partial charge in [0, 0.05) is 5.56 Å². The van der Waals surface area contributed by atoms with E-state index < -0.39 is 0 Å². The molecule has 2 aromatic carbocycles. The summed E-state index contributed by atoms with van der Waals surface area (Å²) in [7, 11) is 0. The van der Waals surface area contributed by atoms with E-state index in [1.807, 2.05) is 55.5 Å². The zero-order chi connectivity index (χ0) is 15.1. The number of aryl methyl sites for hydroxylation is 1. The van der Waals surface area contributed by atoms with E-state index in [1.165, 1.54) is 0 Å². The van der Waals surface area contributed by atoms with Crippen LogP contribution < -0.4 is 4.74 Å².